The first-order valence-electron chi connectivity index (χ1n) is 7.44. The summed E-state index contributed by atoms with van der Waals surface area (Å²) in [5.41, 5.74) is 1.59. The summed E-state index contributed by atoms with van der Waals surface area (Å²) in [7, 11) is 0. The summed E-state index contributed by atoms with van der Waals surface area (Å²) in [4.78, 5) is 17.1. The van der Waals surface area contributed by atoms with Crippen LogP contribution in [0, 0.1) is 0 Å². The maximum absolute atomic E-state index is 12.7. The van der Waals surface area contributed by atoms with Gasteiger partial charge in [0, 0.05) is 10.0 Å². The Morgan fingerprint density at radius 3 is 2.78 bits per heavy atom. The van der Waals surface area contributed by atoms with E-state index in [1.54, 1.807) is 17.0 Å². The predicted octanol–water partition coefficient (Wildman–Crippen LogP) is 3.99. The van der Waals surface area contributed by atoms with Crippen LogP contribution in [-0.4, -0.2) is 15.7 Å². The molecule has 1 heterocycles. The molecule has 0 bridgehead atoms. The highest BCUT2D eigenvalue weighted by molar-refractivity contribution is 9.10. The van der Waals surface area contributed by atoms with E-state index in [0.29, 0.717) is 17.4 Å². The van der Waals surface area contributed by atoms with Gasteiger partial charge in [0.2, 0.25) is 0 Å². The monoisotopic (exact) mass is 372 g/mol. The van der Waals surface area contributed by atoms with Crippen LogP contribution >= 0.6 is 15.9 Å². The van der Waals surface area contributed by atoms with Gasteiger partial charge in [0.15, 0.2) is 0 Å². The Labute approximate surface area is 142 Å². The highest BCUT2D eigenvalue weighted by Gasteiger charge is 2.09. The van der Waals surface area contributed by atoms with Crippen LogP contribution in [0.2, 0.25) is 0 Å². The first-order chi connectivity index (χ1) is 11.0. The number of fused-ring (bicyclic) bond motifs is 1. The van der Waals surface area contributed by atoms with Crippen molar-refractivity contribution in [3.63, 3.8) is 0 Å². The standard InChI is InChI=1S/C18H17BrN2O2/c1-12(2)23-17-6-4-3-5-13(17)10-21-11-20-16-8-7-14(19)9-15(16)18(21)22/h3-9,11-12H,10H2,1-2H3. The maximum Gasteiger partial charge on any atom is 0.261 e. The summed E-state index contributed by atoms with van der Waals surface area (Å²) in [6.45, 7) is 4.40. The molecule has 0 aliphatic rings. The van der Waals surface area contributed by atoms with Crippen molar-refractivity contribution >= 4 is 26.8 Å². The van der Waals surface area contributed by atoms with E-state index in [0.717, 1.165) is 15.8 Å². The molecule has 0 spiro atoms. The average Bonchev–Trinajstić information content (AvgIpc) is 2.52. The minimum Gasteiger partial charge on any atom is -0.491 e. The topological polar surface area (TPSA) is 44.1 Å². The Bertz CT molecular complexity index is 903. The third-order valence-corrected chi connectivity index (χ3v) is 3.96. The quantitative estimate of drug-likeness (QED) is 0.695. The Hall–Kier alpha value is -2.14. The van der Waals surface area contributed by atoms with Gasteiger partial charge in [-0.05, 0) is 38.1 Å². The summed E-state index contributed by atoms with van der Waals surface area (Å²) in [6.07, 6.45) is 1.67. The minimum absolute atomic E-state index is 0.0596. The highest BCUT2D eigenvalue weighted by atomic mass is 79.9. The van der Waals surface area contributed by atoms with Gasteiger partial charge in [0.1, 0.15) is 5.75 Å². The summed E-state index contributed by atoms with van der Waals surface area (Å²) in [5, 5.41) is 0.601. The summed E-state index contributed by atoms with van der Waals surface area (Å²) < 4.78 is 8.30. The van der Waals surface area contributed by atoms with Crippen molar-refractivity contribution in [1.82, 2.24) is 9.55 Å². The van der Waals surface area contributed by atoms with Gasteiger partial charge < -0.3 is 4.74 Å². The van der Waals surface area contributed by atoms with E-state index < -0.39 is 0 Å². The van der Waals surface area contributed by atoms with Gasteiger partial charge in [-0.1, -0.05) is 34.1 Å². The molecule has 0 atom stereocenters. The second kappa shape index (κ2) is 6.54. The minimum atomic E-state index is -0.0596. The van der Waals surface area contributed by atoms with Crippen LogP contribution < -0.4 is 10.3 Å². The van der Waals surface area contributed by atoms with E-state index in [1.165, 1.54) is 0 Å². The molecule has 0 aliphatic heterocycles. The Kier molecular flexibility index (Phi) is 4.48. The molecule has 0 radical (unpaired) electrons. The van der Waals surface area contributed by atoms with Crippen LogP contribution in [0.1, 0.15) is 19.4 Å². The van der Waals surface area contributed by atoms with E-state index in [9.17, 15) is 4.79 Å². The lowest BCUT2D eigenvalue weighted by Crippen LogP contribution is -2.21. The largest absolute Gasteiger partial charge is 0.491 e. The SMILES string of the molecule is CC(C)Oc1ccccc1Cn1cnc2ccc(Br)cc2c1=O. The average molecular weight is 373 g/mol. The van der Waals surface area contributed by atoms with Gasteiger partial charge in [0.25, 0.3) is 5.56 Å². The van der Waals surface area contributed by atoms with E-state index in [4.69, 9.17) is 4.74 Å². The Balaban J connectivity index is 2.03. The maximum atomic E-state index is 12.7. The van der Waals surface area contributed by atoms with E-state index in [2.05, 4.69) is 20.9 Å². The second-order valence-corrected chi connectivity index (χ2v) is 6.53. The molecule has 0 saturated heterocycles. The number of halogens is 1. The molecular weight excluding hydrogens is 356 g/mol. The van der Waals surface area contributed by atoms with Crippen molar-refractivity contribution in [1.29, 1.82) is 0 Å². The number of aromatic nitrogens is 2. The van der Waals surface area contributed by atoms with Gasteiger partial charge in [-0.25, -0.2) is 4.98 Å². The molecule has 3 rings (SSSR count). The van der Waals surface area contributed by atoms with Gasteiger partial charge >= 0.3 is 0 Å². The van der Waals surface area contributed by atoms with Crippen molar-refractivity contribution in [2.75, 3.05) is 0 Å². The number of para-hydroxylation sites is 1. The van der Waals surface area contributed by atoms with Crippen LogP contribution in [0.5, 0.6) is 5.75 Å². The molecule has 1 aromatic heterocycles. The molecule has 0 amide bonds. The van der Waals surface area contributed by atoms with Gasteiger partial charge in [-0.2, -0.15) is 0 Å². The van der Waals surface area contributed by atoms with Crippen LogP contribution in [0.4, 0.5) is 0 Å². The van der Waals surface area contributed by atoms with Crippen molar-refractivity contribution < 1.29 is 4.74 Å². The molecule has 118 valence electrons. The molecule has 4 nitrogen and oxygen atoms in total. The first-order valence-corrected chi connectivity index (χ1v) is 8.23. The molecule has 5 heteroatoms. The zero-order valence-electron chi connectivity index (χ0n) is 13.0. The van der Waals surface area contributed by atoms with E-state index in [1.807, 2.05) is 50.2 Å². The van der Waals surface area contributed by atoms with Gasteiger partial charge in [0.05, 0.1) is 29.9 Å². The van der Waals surface area contributed by atoms with Crippen LogP contribution in [-0.2, 0) is 6.54 Å². The number of nitrogens with zero attached hydrogens (tertiary/aromatic N) is 2. The molecule has 3 aromatic rings. The zero-order valence-corrected chi connectivity index (χ0v) is 14.6. The predicted molar refractivity (Wildman–Crippen MR) is 95.0 cm³/mol. The molecule has 0 fully saturated rings. The molecule has 2 aromatic carbocycles. The molecule has 0 saturated carbocycles. The molecule has 0 N–H and O–H groups in total. The number of hydrogen-bond acceptors (Lipinski definition) is 3. The van der Waals surface area contributed by atoms with Crippen molar-refractivity contribution in [2.45, 2.75) is 26.5 Å². The van der Waals surface area contributed by atoms with Gasteiger partial charge in [-0.15, -0.1) is 0 Å². The first kappa shape index (κ1) is 15.7. The highest BCUT2D eigenvalue weighted by Crippen LogP contribution is 2.20. The third kappa shape index (κ3) is 3.45. The number of ether oxygens (including phenoxy) is 1. The fourth-order valence-corrected chi connectivity index (χ4v) is 2.79. The number of hydrogen-bond donors (Lipinski definition) is 0. The summed E-state index contributed by atoms with van der Waals surface area (Å²) >= 11 is 3.40. The van der Waals surface area contributed by atoms with Crippen molar-refractivity contribution in [3.8, 4) is 5.75 Å². The van der Waals surface area contributed by atoms with Crippen LogP contribution in [0.25, 0.3) is 10.9 Å². The fraction of sp³-hybridized carbons (Fsp3) is 0.222. The summed E-state index contributed by atoms with van der Waals surface area (Å²) in [5.74, 6) is 0.795. The fourth-order valence-electron chi connectivity index (χ4n) is 2.43. The lowest BCUT2D eigenvalue weighted by atomic mass is 10.2. The smallest absolute Gasteiger partial charge is 0.261 e. The molecule has 0 unspecified atom stereocenters. The summed E-state index contributed by atoms with van der Waals surface area (Å²) in [6, 6.07) is 13.3. The zero-order chi connectivity index (χ0) is 16.4. The number of benzene rings is 2. The van der Waals surface area contributed by atoms with E-state index >= 15 is 0 Å². The lowest BCUT2D eigenvalue weighted by Gasteiger charge is -2.15. The van der Waals surface area contributed by atoms with Crippen LogP contribution in [0.15, 0.2) is 58.1 Å². The lowest BCUT2D eigenvalue weighted by molar-refractivity contribution is 0.239. The molecule has 23 heavy (non-hydrogen) atoms. The van der Waals surface area contributed by atoms with E-state index in [-0.39, 0.29) is 11.7 Å². The normalized spacial score (nSPS) is 11.1. The third-order valence-electron chi connectivity index (χ3n) is 3.46. The van der Waals surface area contributed by atoms with Crippen LogP contribution in [0.3, 0.4) is 0 Å². The molecular formula is C18H17BrN2O2. The number of rotatable bonds is 4. The van der Waals surface area contributed by atoms with Gasteiger partial charge in [-0.3, -0.25) is 9.36 Å². The second-order valence-electron chi connectivity index (χ2n) is 5.61. The van der Waals surface area contributed by atoms with Crippen molar-refractivity contribution in [2.24, 2.45) is 0 Å². The Morgan fingerprint density at radius 1 is 1.22 bits per heavy atom. The Morgan fingerprint density at radius 2 is 2.00 bits per heavy atom. The molecule has 0 aliphatic carbocycles. The van der Waals surface area contributed by atoms with Crippen molar-refractivity contribution in [3.05, 3.63) is 69.2 Å².